The standard InChI is InChI=1S/C14H8N2O4S2/c17-13-12(8-11-5-2-6-20-11)22-14(21)15(13)9-3-1-4-10(7-9)16(18)19/h1-8H/b12-8+. The van der Waals surface area contributed by atoms with Crippen molar-refractivity contribution < 1.29 is 14.1 Å². The molecular weight excluding hydrogens is 324 g/mol. The minimum atomic E-state index is -0.514. The first kappa shape index (κ1) is 14.5. The van der Waals surface area contributed by atoms with E-state index in [4.69, 9.17) is 16.6 Å². The smallest absolute Gasteiger partial charge is 0.271 e. The lowest BCUT2D eigenvalue weighted by Gasteiger charge is -2.13. The van der Waals surface area contributed by atoms with Gasteiger partial charge < -0.3 is 4.42 Å². The van der Waals surface area contributed by atoms with Crippen LogP contribution in [-0.2, 0) is 4.79 Å². The number of furan rings is 1. The van der Waals surface area contributed by atoms with Crippen molar-refractivity contribution >= 4 is 51.7 Å². The second-order valence-electron chi connectivity index (χ2n) is 4.31. The normalized spacial score (nSPS) is 16.5. The Kier molecular flexibility index (Phi) is 3.78. The largest absolute Gasteiger partial charge is 0.465 e. The average molecular weight is 332 g/mol. The van der Waals surface area contributed by atoms with Crippen molar-refractivity contribution in [3.63, 3.8) is 0 Å². The Bertz CT molecular complexity index is 799. The van der Waals surface area contributed by atoms with Crippen LogP contribution in [0.1, 0.15) is 5.76 Å². The molecule has 1 aromatic heterocycles. The summed E-state index contributed by atoms with van der Waals surface area (Å²) in [6.45, 7) is 0. The molecule has 1 amide bonds. The quantitative estimate of drug-likeness (QED) is 0.370. The first-order valence-electron chi connectivity index (χ1n) is 6.12. The Morgan fingerprint density at radius 2 is 2.14 bits per heavy atom. The molecule has 0 aliphatic carbocycles. The predicted molar refractivity (Wildman–Crippen MR) is 87.5 cm³/mol. The predicted octanol–water partition coefficient (Wildman–Crippen LogP) is 3.59. The molecule has 8 heteroatoms. The van der Waals surface area contributed by atoms with E-state index >= 15 is 0 Å². The van der Waals surface area contributed by atoms with Gasteiger partial charge >= 0.3 is 0 Å². The Morgan fingerprint density at radius 3 is 2.82 bits per heavy atom. The number of non-ortho nitro benzene ring substituents is 1. The Hall–Kier alpha value is -2.45. The van der Waals surface area contributed by atoms with Crippen molar-refractivity contribution in [1.29, 1.82) is 0 Å². The van der Waals surface area contributed by atoms with Crippen molar-refractivity contribution in [3.8, 4) is 0 Å². The summed E-state index contributed by atoms with van der Waals surface area (Å²) in [5.41, 5.74) is 0.279. The van der Waals surface area contributed by atoms with Gasteiger partial charge in [-0.1, -0.05) is 30.0 Å². The highest BCUT2D eigenvalue weighted by atomic mass is 32.2. The number of rotatable bonds is 3. The highest BCUT2D eigenvalue weighted by molar-refractivity contribution is 8.27. The van der Waals surface area contributed by atoms with E-state index in [1.165, 1.54) is 29.4 Å². The number of nitrogens with zero attached hydrogens (tertiary/aromatic N) is 2. The lowest BCUT2D eigenvalue weighted by Crippen LogP contribution is -2.27. The zero-order valence-electron chi connectivity index (χ0n) is 11.0. The Labute approximate surface area is 134 Å². The van der Waals surface area contributed by atoms with E-state index in [1.54, 1.807) is 24.3 Å². The summed E-state index contributed by atoms with van der Waals surface area (Å²) in [5, 5.41) is 10.8. The first-order valence-corrected chi connectivity index (χ1v) is 7.34. The molecule has 1 aliphatic rings. The van der Waals surface area contributed by atoms with E-state index in [2.05, 4.69) is 0 Å². The van der Waals surface area contributed by atoms with Gasteiger partial charge in [0.1, 0.15) is 5.76 Å². The van der Waals surface area contributed by atoms with Crippen molar-refractivity contribution in [2.24, 2.45) is 0 Å². The minimum absolute atomic E-state index is 0.0958. The number of hydrogen-bond acceptors (Lipinski definition) is 6. The molecule has 0 saturated carbocycles. The van der Waals surface area contributed by atoms with E-state index in [-0.39, 0.29) is 11.6 Å². The molecule has 2 heterocycles. The summed E-state index contributed by atoms with van der Waals surface area (Å²) in [4.78, 5) is 24.5. The summed E-state index contributed by atoms with van der Waals surface area (Å²) in [5.74, 6) is 0.214. The molecule has 0 spiro atoms. The van der Waals surface area contributed by atoms with Crippen LogP contribution >= 0.6 is 24.0 Å². The summed E-state index contributed by atoms with van der Waals surface area (Å²) in [6, 6.07) is 9.24. The average Bonchev–Trinajstić information content (AvgIpc) is 3.08. The SMILES string of the molecule is O=C1/C(=C\c2ccco2)SC(=S)N1c1cccc([N+](=O)[O-])c1. The fourth-order valence-electron chi connectivity index (χ4n) is 1.94. The summed E-state index contributed by atoms with van der Waals surface area (Å²) in [6.07, 6.45) is 3.10. The molecule has 2 aromatic rings. The topological polar surface area (TPSA) is 76.6 Å². The third-order valence-electron chi connectivity index (χ3n) is 2.91. The minimum Gasteiger partial charge on any atom is -0.465 e. The maximum atomic E-state index is 12.5. The fraction of sp³-hybridized carbons (Fsp3) is 0. The number of carbonyl (C=O) groups excluding carboxylic acids is 1. The van der Waals surface area contributed by atoms with Crippen LogP contribution < -0.4 is 4.90 Å². The fourth-order valence-corrected chi connectivity index (χ4v) is 3.22. The third-order valence-corrected chi connectivity index (χ3v) is 4.21. The van der Waals surface area contributed by atoms with Crippen molar-refractivity contribution in [1.82, 2.24) is 0 Å². The van der Waals surface area contributed by atoms with E-state index < -0.39 is 4.92 Å². The highest BCUT2D eigenvalue weighted by Crippen LogP contribution is 2.36. The van der Waals surface area contributed by atoms with Crippen LogP contribution in [0.5, 0.6) is 0 Å². The molecule has 1 fully saturated rings. The van der Waals surface area contributed by atoms with Gasteiger partial charge in [0.2, 0.25) is 0 Å². The molecule has 1 saturated heterocycles. The van der Waals surface area contributed by atoms with Gasteiger partial charge in [0.05, 0.1) is 21.8 Å². The molecule has 0 atom stereocenters. The number of anilines is 1. The molecule has 1 aromatic carbocycles. The highest BCUT2D eigenvalue weighted by Gasteiger charge is 2.34. The number of nitro groups is 1. The van der Waals surface area contributed by atoms with E-state index in [0.717, 1.165) is 11.8 Å². The van der Waals surface area contributed by atoms with Gasteiger partial charge in [-0.05, 0) is 18.2 Å². The monoisotopic (exact) mass is 332 g/mol. The summed E-state index contributed by atoms with van der Waals surface area (Å²) in [7, 11) is 0. The number of thioether (sulfide) groups is 1. The second kappa shape index (κ2) is 5.74. The van der Waals surface area contributed by atoms with Crippen LogP contribution in [-0.4, -0.2) is 15.2 Å². The van der Waals surface area contributed by atoms with Crippen LogP contribution in [0.2, 0.25) is 0 Å². The molecule has 1 aliphatic heterocycles. The molecule has 0 bridgehead atoms. The molecule has 110 valence electrons. The van der Waals surface area contributed by atoms with Gasteiger partial charge in [-0.25, -0.2) is 0 Å². The maximum Gasteiger partial charge on any atom is 0.271 e. The van der Waals surface area contributed by atoms with Gasteiger partial charge in [0, 0.05) is 18.2 Å². The lowest BCUT2D eigenvalue weighted by atomic mass is 10.2. The maximum absolute atomic E-state index is 12.5. The third kappa shape index (κ3) is 2.66. The molecule has 6 nitrogen and oxygen atoms in total. The van der Waals surface area contributed by atoms with E-state index in [1.807, 2.05) is 0 Å². The van der Waals surface area contributed by atoms with Gasteiger partial charge in [0.25, 0.3) is 11.6 Å². The van der Waals surface area contributed by atoms with Crippen LogP contribution in [0.15, 0.2) is 52.0 Å². The Morgan fingerprint density at radius 1 is 1.32 bits per heavy atom. The molecule has 0 N–H and O–H groups in total. The number of hydrogen-bond donors (Lipinski definition) is 0. The van der Waals surface area contributed by atoms with Crippen molar-refractivity contribution in [2.45, 2.75) is 0 Å². The number of carbonyl (C=O) groups is 1. The lowest BCUT2D eigenvalue weighted by molar-refractivity contribution is -0.384. The molecule has 0 unspecified atom stereocenters. The second-order valence-corrected chi connectivity index (χ2v) is 5.99. The van der Waals surface area contributed by atoms with Crippen molar-refractivity contribution in [2.75, 3.05) is 4.90 Å². The molecular formula is C14H8N2O4S2. The van der Waals surface area contributed by atoms with Crippen LogP contribution in [0.3, 0.4) is 0 Å². The van der Waals surface area contributed by atoms with Crippen LogP contribution in [0, 0.1) is 10.1 Å². The van der Waals surface area contributed by atoms with Crippen LogP contribution in [0.4, 0.5) is 11.4 Å². The zero-order chi connectivity index (χ0) is 15.7. The van der Waals surface area contributed by atoms with Gasteiger partial charge in [-0.15, -0.1) is 0 Å². The van der Waals surface area contributed by atoms with Gasteiger partial charge in [-0.3, -0.25) is 19.8 Å². The number of thiocarbonyl (C=S) groups is 1. The van der Waals surface area contributed by atoms with Crippen LogP contribution in [0.25, 0.3) is 6.08 Å². The van der Waals surface area contributed by atoms with Crippen molar-refractivity contribution in [3.05, 3.63) is 63.4 Å². The summed E-state index contributed by atoms with van der Waals surface area (Å²) < 4.78 is 5.50. The molecule has 22 heavy (non-hydrogen) atoms. The number of nitro benzene ring substituents is 1. The molecule has 3 rings (SSSR count). The number of amides is 1. The van der Waals surface area contributed by atoms with E-state index in [9.17, 15) is 14.9 Å². The summed E-state index contributed by atoms with van der Waals surface area (Å²) >= 11 is 6.34. The van der Waals surface area contributed by atoms with Gasteiger partial charge in [-0.2, -0.15) is 0 Å². The van der Waals surface area contributed by atoms with E-state index in [0.29, 0.717) is 20.7 Å². The first-order chi connectivity index (χ1) is 10.6. The molecule has 0 radical (unpaired) electrons. The Balaban J connectivity index is 1.95. The number of benzene rings is 1. The van der Waals surface area contributed by atoms with Gasteiger partial charge in [0.15, 0.2) is 4.32 Å². The zero-order valence-corrected chi connectivity index (χ0v) is 12.6.